The first kappa shape index (κ1) is 19.3. The molecule has 1 amide bonds. The third-order valence-corrected chi connectivity index (χ3v) is 8.69. The van der Waals surface area contributed by atoms with Crippen LogP contribution in [0.5, 0.6) is 0 Å². The van der Waals surface area contributed by atoms with Gasteiger partial charge in [0.2, 0.25) is 15.9 Å². The molecular weight excluding hydrogens is 376 g/mol. The number of sulfonamides is 1. The third kappa shape index (κ3) is 4.10. The smallest absolute Gasteiger partial charge is 0.243 e. The second kappa shape index (κ2) is 7.28. The minimum atomic E-state index is -3.59. The summed E-state index contributed by atoms with van der Waals surface area (Å²) < 4.78 is 50.2. The molecule has 7 nitrogen and oxygen atoms in total. The second-order valence-corrected chi connectivity index (χ2v) is 11.2. The summed E-state index contributed by atoms with van der Waals surface area (Å²) in [5.41, 5.74) is 0.989. The van der Waals surface area contributed by atoms with E-state index in [4.69, 9.17) is 0 Å². The van der Waals surface area contributed by atoms with Gasteiger partial charge in [0.1, 0.15) is 0 Å². The zero-order valence-electron chi connectivity index (χ0n) is 14.8. The number of carbonyl (C=O) groups is 1. The van der Waals surface area contributed by atoms with Gasteiger partial charge >= 0.3 is 0 Å². The number of amides is 1. The highest BCUT2D eigenvalue weighted by molar-refractivity contribution is 7.91. The molecule has 1 aromatic rings. The molecule has 1 atom stereocenters. The highest BCUT2D eigenvalue weighted by atomic mass is 32.2. The fourth-order valence-electron chi connectivity index (χ4n) is 3.46. The Morgan fingerprint density at radius 3 is 2.38 bits per heavy atom. The van der Waals surface area contributed by atoms with Crippen molar-refractivity contribution >= 4 is 25.8 Å². The Morgan fingerprint density at radius 2 is 1.77 bits per heavy atom. The molecule has 144 valence electrons. The average Bonchev–Trinajstić information content (AvgIpc) is 2.80. The van der Waals surface area contributed by atoms with Crippen LogP contribution in [0.25, 0.3) is 0 Å². The van der Waals surface area contributed by atoms with Gasteiger partial charge in [-0.15, -0.1) is 0 Å². The maximum atomic E-state index is 12.8. The third-order valence-electron chi connectivity index (χ3n) is 5.01. The van der Waals surface area contributed by atoms with Gasteiger partial charge in [-0.1, -0.05) is 17.7 Å². The molecule has 2 aliphatic heterocycles. The minimum Gasteiger partial charge on any atom is -0.341 e. The lowest BCUT2D eigenvalue weighted by Gasteiger charge is -2.24. The zero-order valence-corrected chi connectivity index (χ0v) is 16.4. The summed E-state index contributed by atoms with van der Waals surface area (Å²) in [7, 11) is -6.71. The molecule has 0 aromatic heterocycles. The van der Waals surface area contributed by atoms with Crippen LogP contribution >= 0.6 is 0 Å². The van der Waals surface area contributed by atoms with Crippen molar-refractivity contribution in [1.82, 2.24) is 9.21 Å². The van der Waals surface area contributed by atoms with Crippen LogP contribution in [0.2, 0.25) is 0 Å². The molecule has 0 radical (unpaired) electrons. The first-order valence-electron chi connectivity index (χ1n) is 8.75. The Hall–Kier alpha value is -1.45. The number of benzene rings is 1. The van der Waals surface area contributed by atoms with E-state index in [0.29, 0.717) is 32.5 Å². The Labute approximate surface area is 155 Å². The quantitative estimate of drug-likeness (QED) is 0.743. The van der Waals surface area contributed by atoms with E-state index in [1.807, 2.05) is 6.92 Å². The predicted molar refractivity (Wildman–Crippen MR) is 97.9 cm³/mol. The van der Waals surface area contributed by atoms with E-state index >= 15 is 0 Å². The van der Waals surface area contributed by atoms with E-state index in [1.54, 1.807) is 29.2 Å². The van der Waals surface area contributed by atoms with Crippen LogP contribution in [0.1, 0.15) is 18.4 Å². The van der Waals surface area contributed by atoms with E-state index in [-0.39, 0.29) is 28.9 Å². The SMILES string of the molecule is Cc1ccc(S(=O)(=O)N2CCCN(C(=O)[C@H]3CCS(=O)(=O)C3)CC2)cc1. The molecule has 0 bridgehead atoms. The molecular formula is C17H24N2O5S2. The zero-order chi connectivity index (χ0) is 18.9. The number of aryl methyl sites for hydroxylation is 1. The van der Waals surface area contributed by atoms with Crippen LogP contribution in [0.4, 0.5) is 0 Å². The predicted octanol–water partition coefficient (Wildman–Crippen LogP) is 0.653. The highest BCUT2D eigenvalue weighted by Gasteiger charge is 2.36. The average molecular weight is 401 g/mol. The lowest BCUT2D eigenvalue weighted by atomic mass is 10.1. The van der Waals surface area contributed by atoms with E-state index in [1.165, 1.54) is 4.31 Å². The lowest BCUT2D eigenvalue weighted by Crippen LogP contribution is -2.40. The molecule has 0 saturated carbocycles. The maximum absolute atomic E-state index is 12.8. The molecule has 0 aliphatic carbocycles. The molecule has 9 heteroatoms. The van der Waals surface area contributed by atoms with Crippen molar-refractivity contribution in [3.8, 4) is 0 Å². The van der Waals surface area contributed by atoms with Crippen molar-refractivity contribution in [2.24, 2.45) is 5.92 Å². The second-order valence-electron chi connectivity index (χ2n) is 7.00. The summed E-state index contributed by atoms with van der Waals surface area (Å²) in [6, 6.07) is 6.73. The summed E-state index contributed by atoms with van der Waals surface area (Å²) in [5.74, 6) is -0.681. The summed E-state index contributed by atoms with van der Waals surface area (Å²) >= 11 is 0. The van der Waals surface area contributed by atoms with E-state index in [2.05, 4.69) is 0 Å². The Balaban J connectivity index is 1.68. The Kier molecular flexibility index (Phi) is 5.41. The van der Waals surface area contributed by atoms with Crippen molar-refractivity contribution in [2.75, 3.05) is 37.7 Å². The van der Waals surface area contributed by atoms with Gasteiger partial charge in [-0.05, 0) is 31.9 Å². The number of nitrogens with zero attached hydrogens (tertiary/aromatic N) is 2. The molecule has 0 unspecified atom stereocenters. The summed E-state index contributed by atoms with van der Waals surface area (Å²) in [5, 5.41) is 0. The molecule has 2 heterocycles. The van der Waals surface area contributed by atoms with E-state index in [0.717, 1.165) is 5.56 Å². The van der Waals surface area contributed by atoms with Gasteiger partial charge < -0.3 is 4.90 Å². The van der Waals surface area contributed by atoms with E-state index in [9.17, 15) is 21.6 Å². The van der Waals surface area contributed by atoms with Crippen molar-refractivity contribution in [3.63, 3.8) is 0 Å². The molecule has 26 heavy (non-hydrogen) atoms. The fraction of sp³-hybridized carbons (Fsp3) is 0.588. The van der Waals surface area contributed by atoms with Crippen molar-refractivity contribution in [1.29, 1.82) is 0 Å². The number of sulfone groups is 1. The van der Waals surface area contributed by atoms with Crippen molar-refractivity contribution in [3.05, 3.63) is 29.8 Å². The van der Waals surface area contributed by atoms with Crippen molar-refractivity contribution < 1.29 is 21.6 Å². The molecule has 2 fully saturated rings. The van der Waals surface area contributed by atoms with Crippen molar-refractivity contribution in [2.45, 2.75) is 24.7 Å². The topological polar surface area (TPSA) is 91.8 Å². The first-order valence-corrected chi connectivity index (χ1v) is 12.0. The summed E-state index contributed by atoms with van der Waals surface area (Å²) in [6.07, 6.45) is 0.902. The Morgan fingerprint density at radius 1 is 1.08 bits per heavy atom. The first-order chi connectivity index (χ1) is 12.2. The lowest BCUT2D eigenvalue weighted by molar-refractivity contribution is -0.134. The Bertz CT molecular complexity index is 878. The van der Waals surface area contributed by atoms with Crippen LogP contribution in [-0.2, 0) is 24.7 Å². The molecule has 2 saturated heterocycles. The normalized spacial score (nSPS) is 24.3. The minimum absolute atomic E-state index is 0.0607. The molecule has 3 rings (SSSR count). The standard InChI is InChI=1S/C17H24N2O5S2/c1-14-3-5-16(6-4-14)26(23,24)19-9-2-8-18(10-11-19)17(20)15-7-12-25(21,22)13-15/h3-6,15H,2,7-13H2,1H3/t15-/m0/s1. The highest BCUT2D eigenvalue weighted by Crippen LogP contribution is 2.23. The number of hydrogen-bond donors (Lipinski definition) is 0. The van der Waals surface area contributed by atoms with Gasteiger partial charge in [0.05, 0.1) is 22.3 Å². The van der Waals surface area contributed by atoms with Gasteiger partial charge in [-0.25, -0.2) is 16.8 Å². The van der Waals surface area contributed by atoms with Gasteiger partial charge in [-0.2, -0.15) is 4.31 Å². The van der Waals surface area contributed by atoms with Gasteiger partial charge in [0.15, 0.2) is 9.84 Å². The van der Waals surface area contributed by atoms with Crippen LogP contribution in [-0.4, -0.2) is 69.6 Å². The number of carbonyl (C=O) groups excluding carboxylic acids is 1. The fourth-order valence-corrected chi connectivity index (χ4v) is 6.66. The number of rotatable bonds is 3. The molecule has 0 N–H and O–H groups in total. The van der Waals surface area contributed by atoms with Gasteiger partial charge in [-0.3, -0.25) is 4.79 Å². The van der Waals surface area contributed by atoms with Gasteiger partial charge in [0, 0.05) is 26.2 Å². The monoisotopic (exact) mass is 400 g/mol. The van der Waals surface area contributed by atoms with Crippen LogP contribution < -0.4 is 0 Å². The largest absolute Gasteiger partial charge is 0.341 e. The molecule has 0 spiro atoms. The summed E-state index contributed by atoms with van der Waals surface area (Å²) in [6.45, 7) is 3.22. The van der Waals surface area contributed by atoms with Gasteiger partial charge in [0.25, 0.3) is 0 Å². The molecule has 2 aliphatic rings. The van der Waals surface area contributed by atoms with Crippen LogP contribution in [0.15, 0.2) is 29.2 Å². The van der Waals surface area contributed by atoms with Crippen LogP contribution in [0.3, 0.4) is 0 Å². The van der Waals surface area contributed by atoms with E-state index < -0.39 is 25.8 Å². The maximum Gasteiger partial charge on any atom is 0.243 e. The molecule has 1 aromatic carbocycles. The summed E-state index contributed by atoms with van der Waals surface area (Å²) in [4.78, 5) is 14.5. The van der Waals surface area contributed by atoms with Crippen LogP contribution in [0, 0.1) is 12.8 Å². The number of hydrogen-bond acceptors (Lipinski definition) is 5.